The van der Waals surface area contributed by atoms with Gasteiger partial charge in [0.2, 0.25) is 0 Å². The SMILES string of the molecule is CC(C)(C)OC(=O)NCCOCl. The van der Waals surface area contributed by atoms with Crippen LogP contribution in [0.15, 0.2) is 0 Å². The third-order valence-electron chi connectivity index (χ3n) is 0.847. The summed E-state index contributed by atoms with van der Waals surface area (Å²) in [5.74, 6) is 0. The van der Waals surface area contributed by atoms with E-state index in [1.165, 1.54) is 0 Å². The van der Waals surface area contributed by atoms with Crippen molar-refractivity contribution < 1.29 is 13.8 Å². The summed E-state index contributed by atoms with van der Waals surface area (Å²) < 4.78 is 9.16. The zero-order valence-corrected chi connectivity index (χ0v) is 8.27. The summed E-state index contributed by atoms with van der Waals surface area (Å²) >= 11 is 4.93. The first kappa shape index (κ1) is 11.5. The molecular formula is C7H14ClNO3. The van der Waals surface area contributed by atoms with Gasteiger partial charge in [-0.05, 0) is 20.8 Å². The molecule has 0 saturated heterocycles. The standard InChI is InChI=1S/C7H14ClNO3/c1-7(2,3)12-6(10)9-4-5-11-8/h4-5H2,1-3H3,(H,9,10). The number of carbonyl (C=O) groups excluding carboxylic acids is 1. The first-order valence-corrected chi connectivity index (χ1v) is 3.97. The maximum atomic E-state index is 10.9. The molecule has 12 heavy (non-hydrogen) atoms. The first-order valence-electron chi connectivity index (χ1n) is 3.66. The molecule has 0 aromatic heterocycles. The average Bonchev–Trinajstić information content (AvgIpc) is 1.84. The van der Waals surface area contributed by atoms with E-state index in [0.29, 0.717) is 6.54 Å². The number of alkyl carbamates (subject to hydrolysis) is 1. The van der Waals surface area contributed by atoms with Crippen molar-refractivity contribution in [1.29, 1.82) is 0 Å². The number of halogens is 1. The maximum Gasteiger partial charge on any atom is 0.407 e. The monoisotopic (exact) mass is 195 g/mol. The number of amides is 1. The molecule has 5 heteroatoms. The van der Waals surface area contributed by atoms with E-state index in [1.54, 1.807) is 20.8 Å². The van der Waals surface area contributed by atoms with Gasteiger partial charge in [-0.15, -0.1) is 0 Å². The number of ether oxygens (including phenoxy) is 1. The molecule has 4 nitrogen and oxygen atoms in total. The van der Waals surface area contributed by atoms with Crippen molar-refractivity contribution in [2.24, 2.45) is 0 Å². The van der Waals surface area contributed by atoms with Crippen LogP contribution in [0.4, 0.5) is 4.79 Å². The van der Waals surface area contributed by atoms with Gasteiger partial charge < -0.3 is 10.1 Å². The lowest BCUT2D eigenvalue weighted by Crippen LogP contribution is -2.33. The minimum atomic E-state index is -0.466. The van der Waals surface area contributed by atoms with Gasteiger partial charge in [0.25, 0.3) is 0 Å². The van der Waals surface area contributed by atoms with Crippen LogP contribution in [-0.2, 0) is 9.03 Å². The normalized spacial score (nSPS) is 11.0. The summed E-state index contributed by atoms with van der Waals surface area (Å²) in [6.07, 6.45) is -0.462. The van der Waals surface area contributed by atoms with E-state index in [4.69, 9.17) is 16.6 Å². The fourth-order valence-electron chi connectivity index (χ4n) is 0.506. The van der Waals surface area contributed by atoms with Crippen LogP contribution in [0.5, 0.6) is 0 Å². The zero-order chi connectivity index (χ0) is 9.61. The van der Waals surface area contributed by atoms with Gasteiger partial charge in [-0.3, -0.25) is 4.29 Å². The van der Waals surface area contributed by atoms with Crippen LogP contribution in [0.2, 0.25) is 0 Å². The topological polar surface area (TPSA) is 47.6 Å². The Morgan fingerprint density at radius 2 is 2.08 bits per heavy atom. The third-order valence-corrected chi connectivity index (χ3v) is 1.00. The molecule has 0 radical (unpaired) electrons. The molecule has 0 aliphatic carbocycles. The summed E-state index contributed by atoms with van der Waals surface area (Å²) in [5, 5.41) is 2.47. The predicted octanol–water partition coefficient (Wildman–Crippen LogP) is 1.68. The van der Waals surface area contributed by atoms with Gasteiger partial charge in [0.05, 0.1) is 18.5 Å². The Balaban J connectivity index is 3.47. The molecule has 0 aromatic carbocycles. The average molecular weight is 196 g/mol. The van der Waals surface area contributed by atoms with Gasteiger partial charge >= 0.3 is 6.09 Å². The van der Waals surface area contributed by atoms with Crippen molar-refractivity contribution in [3.63, 3.8) is 0 Å². The Labute approximate surface area is 77.3 Å². The molecule has 0 aromatic rings. The van der Waals surface area contributed by atoms with Crippen LogP contribution in [0.1, 0.15) is 20.8 Å². The molecule has 0 atom stereocenters. The van der Waals surface area contributed by atoms with E-state index in [9.17, 15) is 4.79 Å². The summed E-state index contributed by atoms with van der Waals surface area (Å²) in [7, 11) is 0. The lowest BCUT2D eigenvalue weighted by atomic mass is 10.2. The second-order valence-corrected chi connectivity index (χ2v) is 3.46. The molecule has 1 amide bonds. The molecule has 0 heterocycles. The molecule has 0 fully saturated rings. The Morgan fingerprint density at radius 1 is 1.50 bits per heavy atom. The minimum absolute atomic E-state index is 0.265. The van der Waals surface area contributed by atoms with Crippen LogP contribution in [-0.4, -0.2) is 24.8 Å². The molecule has 1 N–H and O–H groups in total. The zero-order valence-electron chi connectivity index (χ0n) is 7.52. The van der Waals surface area contributed by atoms with Crippen LogP contribution < -0.4 is 5.32 Å². The van der Waals surface area contributed by atoms with Crippen molar-refractivity contribution in [2.45, 2.75) is 26.4 Å². The number of nitrogens with one attached hydrogen (secondary N) is 1. The molecule has 72 valence electrons. The quantitative estimate of drug-likeness (QED) is 0.698. The lowest BCUT2D eigenvalue weighted by molar-refractivity contribution is 0.0521. The summed E-state index contributed by atoms with van der Waals surface area (Å²) in [6.45, 7) is 6.00. The van der Waals surface area contributed by atoms with Gasteiger partial charge in [-0.2, -0.15) is 0 Å². The molecule has 0 aliphatic rings. The fourth-order valence-corrected chi connectivity index (χ4v) is 0.583. The van der Waals surface area contributed by atoms with Crippen molar-refractivity contribution in [1.82, 2.24) is 5.32 Å². The van der Waals surface area contributed by atoms with Gasteiger partial charge in [0.15, 0.2) is 0 Å². The molecule has 0 rings (SSSR count). The largest absolute Gasteiger partial charge is 0.444 e. The van der Waals surface area contributed by atoms with E-state index in [0.717, 1.165) is 0 Å². The van der Waals surface area contributed by atoms with Crippen LogP contribution >= 0.6 is 11.9 Å². The summed E-state index contributed by atoms with van der Waals surface area (Å²) in [5.41, 5.74) is -0.466. The van der Waals surface area contributed by atoms with Crippen molar-refractivity contribution in [3.05, 3.63) is 0 Å². The number of hydrogen-bond acceptors (Lipinski definition) is 3. The number of rotatable bonds is 3. The molecule has 0 unspecified atom stereocenters. The van der Waals surface area contributed by atoms with Crippen molar-refractivity contribution >= 4 is 18.0 Å². The van der Waals surface area contributed by atoms with Gasteiger partial charge in [0, 0.05) is 6.54 Å². The Kier molecular flexibility index (Phi) is 5.01. The van der Waals surface area contributed by atoms with Crippen LogP contribution in [0.3, 0.4) is 0 Å². The Hall–Kier alpha value is -0.480. The fraction of sp³-hybridized carbons (Fsp3) is 0.857. The molecule has 0 spiro atoms. The second-order valence-electron chi connectivity index (χ2n) is 3.24. The van der Waals surface area contributed by atoms with Crippen LogP contribution in [0, 0.1) is 0 Å². The summed E-state index contributed by atoms with van der Waals surface area (Å²) in [4.78, 5) is 10.9. The summed E-state index contributed by atoms with van der Waals surface area (Å²) in [6, 6.07) is 0. The van der Waals surface area contributed by atoms with E-state index < -0.39 is 11.7 Å². The number of hydrogen-bond donors (Lipinski definition) is 1. The van der Waals surface area contributed by atoms with Gasteiger partial charge in [0.1, 0.15) is 5.60 Å². The Morgan fingerprint density at radius 3 is 2.50 bits per heavy atom. The van der Waals surface area contributed by atoms with E-state index in [2.05, 4.69) is 9.61 Å². The van der Waals surface area contributed by atoms with E-state index in [1.807, 2.05) is 0 Å². The third kappa shape index (κ3) is 7.63. The molecule has 0 bridgehead atoms. The highest BCUT2D eigenvalue weighted by molar-refractivity contribution is 6.07. The Bertz CT molecular complexity index is 144. The highest BCUT2D eigenvalue weighted by atomic mass is 35.5. The lowest BCUT2D eigenvalue weighted by Gasteiger charge is -2.19. The van der Waals surface area contributed by atoms with Gasteiger partial charge in [-0.1, -0.05) is 0 Å². The highest BCUT2D eigenvalue weighted by Gasteiger charge is 2.15. The molecule has 0 saturated carbocycles. The number of carbonyl (C=O) groups is 1. The van der Waals surface area contributed by atoms with E-state index in [-0.39, 0.29) is 6.61 Å². The predicted molar refractivity (Wildman–Crippen MR) is 46.0 cm³/mol. The van der Waals surface area contributed by atoms with Gasteiger partial charge in [-0.25, -0.2) is 4.79 Å². The minimum Gasteiger partial charge on any atom is -0.444 e. The van der Waals surface area contributed by atoms with Crippen molar-refractivity contribution in [2.75, 3.05) is 13.2 Å². The molecular weight excluding hydrogens is 182 g/mol. The molecule has 0 aliphatic heterocycles. The smallest absolute Gasteiger partial charge is 0.407 e. The first-order chi connectivity index (χ1) is 5.45. The highest BCUT2D eigenvalue weighted by Crippen LogP contribution is 2.05. The maximum absolute atomic E-state index is 10.9. The van der Waals surface area contributed by atoms with E-state index >= 15 is 0 Å². The van der Waals surface area contributed by atoms with Crippen LogP contribution in [0.25, 0.3) is 0 Å². The second kappa shape index (κ2) is 5.22. The van der Waals surface area contributed by atoms with Crippen molar-refractivity contribution in [3.8, 4) is 0 Å².